The summed E-state index contributed by atoms with van der Waals surface area (Å²) >= 11 is 0. The second-order valence-corrected chi connectivity index (χ2v) is 12.1. The lowest BCUT2D eigenvalue weighted by molar-refractivity contribution is 0.480. The number of nitrogens with zero attached hydrogens (tertiary/aromatic N) is 1. The van der Waals surface area contributed by atoms with E-state index >= 15 is 0 Å². The predicted molar refractivity (Wildman–Crippen MR) is 189 cm³/mol. The maximum Gasteiger partial charge on any atom is 0.434 e. The Morgan fingerprint density at radius 2 is 1.11 bits per heavy atom. The van der Waals surface area contributed by atoms with Crippen LogP contribution >= 0.6 is 0 Å². The topological polar surface area (TPSA) is 23.4 Å². The number of para-hydroxylation sites is 3. The Labute approximate surface area is 267 Å². The number of benzene rings is 7. The van der Waals surface area contributed by atoms with Gasteiger partial charge in [-0.2, -0.15) is 0 Å². The summed E-state index contributed by atoms with van der Waals surface area (Å²) in [5, 5.41) is 2.51. The van der Waals surface area contributed by atoms with E-state index in [1.165, 1.54) is 21.8 Å². The van der Waals surface area contributed by atoms with Gasteiger partial charge in [0.2, 0.25) is 0 Å². The van der Waals surface area contributed by atoms with E-state index in [-0.39, 0.29) is 6.92 Å². The van der Waals surface area contributed by atoms with Crippen molar-refractivity contribution in [1.82, 2.24) is 4.57 Å². The van der Waals surface area contributed by atoms with Crippen molar-refractivity contribution in [1.29, 1.82) is 0 Å². The minimum atomic E-state index is -0.244. The van der Waals surface area contributed by atoms with E-state index < -0.39 is 0 Å². The lowest BCUT2D eigenvalue weighted by Crippen LogP contribution is -2.53. The summed E-state index contributed by atoms with van der Waals surface area (Å²) in [4.78, 5) is 0. The number of fused-ring (bicyclic) bond motifs is 7. The van der Waals surface area contributed by atoms with Gasteiger partial charge in [0.05, 0.1) is 11.0 Å². The third kappa shape index (κ3) is 3.74. The minimum absolute atomic E-state index is 0.244. The van der Waals surface area contributed by atoms with Crippen LogP contribution in [0.1, 0.15) is 0 Å². The lowest BCUT2D eigenvalue weighted by atomic mass is 9.50. The maximum atomic E-state index is 6.80. The second kappa shape index (κ2) is 9.75. The fraction of sp³-hybridized carbons (Fsp3) is 0. The Morgan fingerprint density at radius 1 is 0.435 bits per heavy atom. The van der Waals surface area contributed by atoms with Gasteiger partial charge in [0.25, 0.3) is 0 Å². The predicted octanol–water partition coefficient (Wildman–Crippen LogP) is 9.39. The largest absolute Gasteiger partial charge is 0.551 e. The first kappa shape index (κ1) is 25.3. The zero-order chi connectivity index (χ0) is 30.2. The van der Waals surface area contributed by atoms with Crippen molar-refractivity contribution in [3.8, 4) is 56.3 Å². The molecule has 3 nitrogen and oxygen atoms in total. The van der Waals surface area contributed by atoms with Crippen molar-refractivity contribution in [3.05, 3.63) is 158 Å². The first-order valence-electron chi connectivity index (χ1n) is 15.7. The van der Waals surface area contributed by atoms with Crippen LogP contribution in [0.5, 0.6) is 17.2 Å². The van der Waals surface area contributed by atoms with Crippen LogP contribution in [-0.4, -0.2) is 11.5 Å². The van der Waals surface area contributed by atoms with Gasteiger partial charge in [-0.05, 0) is 76.3 Å². The van der Waals surface area contributed by atoms with Crippen LogP contribution in [0.25, 0.3) is 60.9 Å². The molecule has 8 aromatic rings. The zero-order valence-electron chi connectivity index (χ0n) is 24.9. The molecule has 0 saturated heterocycles. The molecule has 4 heteroatoms. The molecule has 2 aliphatic rings. The van der Waals surface area contributed by atoms with E-state index in [9.17, 15) is 0 Å². The van der Waals surface area contributed by atoms with E-state index in [0.29, 0.717) is 0 Å². The molecule has 0 saturated carbocycles. The molecule has 7 aromatic carbocycles. The van der Waals surface area contributed by atoms with Gasteiger partial charge < -0.3 is 14.0 Å². The third-order valence-corrected chi connectivity index (χ3v) is 9.47. The van der Waals surface area contributed by atoms with E-state index in [1.807, 2.05) is 12.1 Å². The number of hydrogen-bond donors (Lipinski definition) is 0. The zero-order valence-corrected chi connectivity index (χ0v) is 24.9. The van der Waals surface area contributed by atoms with Gasteiger partial charge in [0.1, 0.15) is 17.2 Å². The first-order chi connectivity index (χ1) is 22.8. The number of hydrogen-bond acceptors (Lipinski definition) is 2. The molecule has 3 heterocycles. The highest BCUT2D eigenvalue weighted by Crippen LogP contribution is 2.42. The lowest BCUT2D eigenvalue weighted by Gasteiger charge is -2.33. The molecule has 0 fully saturated rings. The van der Waals surface area contributed by atoms with Gasteiger partial charge in [-0.15, -0.1) is 0 Å². The van der Waals surface area contributed by atoms with Crippen molar-refractivity contribution in [2.45, 2.75) is 0 Å². The molecule has 0 bridgehead atoms. The van der Waals surface area contributed by atoms with Gasteiger partial charge in [-0.1, -0.05) is 109 Å². The van der Waals surface area contributed by atoms with Gasteiger partial charge >= 0.3 is 6.92 Å². The highest BCUT2D eigenvalue weighted by Gasteiger charge is 2.41. The molecule has 1 aromatic heterocycles. The fourth-order valence-electron chi connectivity index (χ4n) is 7.36. The van der Waals surface area contributed by atoms with Crippen molar-refractivity contribution < 1.29 is 9.39 Å². The summed E-state index contributed by atoms with van der Waals surface area (Å²) in [7, 11) is 0. The maximum absolute atomic E-state index is 6.80. The average molecular weight is 587 g/mol. The Balaban J connectivity index is 1.16. The van der Waals surface area contributed by atoms with Gasteiger partial charge in [0.15, 0.2) is 0 Å². The molecule has 0 unspecified atom stereocenters. The number of ether oxygens (including phenoxy) is 1. The smallest absolute Gasteiger partial charge is 0.434 e. The van der Waals surface area contributed by atoms with Crippen LogP contribution in [0, 0.1) is 0 Å². The van der Waals surface area contributed by atoms with Gasteiger partial charge in [-0.25, -0.2) is 0 Å². The Bertz CT molecular complexity index is 2440. The molecule has 0 radical (unpaired) electrons. The molecular formula is C42H26BNO2. The fourth-order valence-corrected chi connectivity index (χ4v) is 7.36. The highest BCUT2D eigenvalue weighted by atomic mass is 16.5. The van der Waals surface area contributed by atoms with E-state index in [0.717, 1.165) is 67.2 Å². The van der Waals surface area contributed by atoms with Crippen LogP contribution in [0.15, 0.2) is 158 Å². The standard InChI is InChI=1S/C42H26BNO2/c1-2-11-27(12-3-1)29-21-22-36-40(25-29)45-41-26-30(24-35-34-17-6-9-20-39(34)46-43(36)42(35)41)28-13-10-14-31(23-28)44-37-18-7-4-15-32(37)33-16-5-8-19-38(33)44/h1-26H. The van der Waals surface area contributed by atoms with Crippen molar-refractivity contribution in [2.24, 2.45) is 0 Å². The van der Waals surface area contributed by atoms with Crippen molar-refractivity contribution in [2.75, 3.05) is 0 Å². The summed E-state index contributed by atoms with van der Waals surface area (Å²) in [6.45, 7) is -0.244. The average Bonchev–Trinajstić information content (AvgIpc) is 3.46. The SMILES string of the molecule is c1ccc(-c2ccc3c(c2)Oc2cc(-c4cccc(-n5c6ccccc6c6ccccc65)c4)cc4c2B3Oc2ccccc2-4)cc1. The molecule has 10 rings (SSSR count). The van der Waals surface area contributed by atoms with Crippen LogP contribution in [0.3, 0.4) is 0 Å². The highest BCUT2D eigenvalue weighted by molar-refractivity contribution is 6.84. The second-order valence-electron chi connectivity index (χ2n) is 12.1. The van der Waals surface area contributed by atoms with Crippen LogP contribution in [0.4, 0.5) is 0 Å². The molecule has 46 heavy (non-hydrogen) atoms. The normalized spacial score (nSPS) is 12.7. The monoisotopic (exact) mass is 587 g/mol. The first-order valence-corrected chi connectivity index (χ1v) is 15.7. The van der Waals surface area contributed by atoms with Crippen molar-refractivity contribution in [3.63, 3.8) is 0 Å². The minimum Gasteiger partial charge on any atom is -0.551 e. The molecule has 0 N–H and O–H groups in total. The Kier molecular flexibility index (Phi) is 5.37. The van der Waals surface area contributed by atoms with Gasteiger partial charge in [0, 0.05) is 32.9 Å². The van der Waals surface area contributed by atoms with Crippen LogP contribution < -0.4 is 20.3 Å². The summed E-state index contributed by atoms with van der Waals surface area (Å²) < 4.78 is 15.9. The third-order valence-electron chi connectivity index (χ3n) is 9.47. The van der Waals surface area contributed by atoms with E-state index in [1.54, 1.807) is 0 Å². The summed E-state index contributed by atoms with van der Waals surface area (Å²) in [6, 6.07) is 55.9. The quantitative estimate of drug-likeness (QED) is 0.192. The summed E-state index contributed by atoms with van der Waals surface area (Å²) in [5.41, 5.74) is 12.4. The summed E-state index contributed by atoms with van der Waals surface area (Å²) in [5.74, 6) is 2.56. The number of rotatable bonds is 3. The van der Waals surface area contributed by atoms with Crippen LogP contribution in [-0.2, 0) is 0 Å². The van der Waals surface area contributed by atoms with Crippen LogP contribution in [0.2, 0.25) is 0 Å². The molecule has 0 atom stereocenters. The van der Waals surface area contributed by atoms with Crippen molar-refractivity contribution >= 4 is 39.6 Å². The van der Waals surface area contributed by atoms with E-state index in [2.05, 4.69) is 150 Å². The number of aromatic nitrogens is 1. The summed E-state index contributed by atoms with van der Waals surface area (Å²) in [6.07, 6.45) is 0. The Hall–Kier alpha value is -6.00. The van der Waals surface area contributed by atoms with E-state index in [4.69, 9.17) is 9.39 Å². The van der Waals surface area contributed by atoms with Gasteiger partial charge in [-0.3, -0.25) is 0 Å². The molecule has 0 amide bonds. The molecular weight excluding hydrogens is 561 g/mol. The Morgan fingerprint density at radius 3 is 1.93 bits per heavy atom. The molecule has 0 aliphatic carbocycles. The molecule has 214 valence electrons. The molecule has 0 spiro atoms. The molecule has 2 aliphatic heterocycles.